The number of hydrogen-bond acceptors (Lipinski definition) is 6. The van der Waals surface area contributed by atoms with Crippen molar-refractivity contribution in [2.45, 2.75) is 187 Å². The lowest BCUT2D eigenvalue weighted by Crippen LogP contribution is -2.50. The van der Waals surface area contributed by atoms with Crippen molar-refractivity contribution in [3.63, 3.8) is 0 Å². The molecule has 0 spiro atoms. The first kappa shape index (κ1) is 51.3. The minimum Gasteiger partial charge on any atom is -0.477 e. The highest BCUT2D eigenvalue weighted by Crippen LogP contribution is 2.13. The van der Waals surface area contributed by atoms with E-state index >= 15 is 0 Å². The van der Waals surface area contributed by atoms with Crippen LogP contribution in [0.3, 0.4) is 0 Å². The van der Waals surface area contributed by atoms with E-state index in [1.807, 2.05) is 21.1 Å². The summed E-state index contributed by atoms with van der Waals surface area (Å²) < 4.78 is 17.2. The molecule has 0 aromatic rings. The molecule has 8 heteroatoms. The Bertz CT molecular complexity index is 1030. The number of unbranched alkanes of at least 4 members (excludes halogenated alkanes) is 16. The van der Waals surface area contributed by atoms with Crippen molar-refractivity contribution in [2.24, 2.45) is 0 Å². The molecule has 0 heterocycles. The van der Waals surface area contributed by atoms with E-state index in [0.29, 0.717) is 19.3 Å². The number of esters is 2. The fraction of sp³-hybridized carbons (Fsp3) is 0.761. The number of carbonyl (C=O) groups excluding carboxylic acids is 2. The van der Waals surface area contributed by atoms with Crippen LogP contribution in [-0.4, -0.2) is 80.6 Å². The van der Waals surface area contributed by atoms with Gasteiger partial charge in [-0.2, -0.15) is 0 Å². The van der Waals surface area contributed by atoms with Crippen molar-refractivity contribution < 1.29 is 38.2 Å². The second kappa shape index (κ2) is 37.2. The Hall–Kier alpha value is -2.71. The minimum absolute atomic E-state index is 0.0500. The molecule has 8 nitrogen and oxygen atoms in total. The summed E-state index contributed by atoms with van der Waals surface area (Å²) in [6, 6.07) is -0.620. The zero-order valence-electron chi connectivity index (χ0n) is 35.4. The summed E-state index contributed by atoms with van der Waals surface area (Å²) in [5.41, 5.74) is 0. The third-order valence-electron chi connectivity index (χ3n) is 9.45. The molecule has 0 aliphatic rings. The molecule has 0 radical (unpaired) electrons. The molecule has 2 atom stereocenters. The van der Waals surface area contributed by atoms with Gasteiger partial charge in [-0.25, -0.2) is 4.79 Å². The molecular formula is C46H82NO7+. The number of aliphatic carboxylic acids is 1. The molecule has 0 aliphatic heterocycles. The van der Waals surface area contributed by atoms with E-state index in [-0.39, 0.29) is 36.2 Å². The predicted molar refractivity (Wildman–Crippen MR) is 224 cm³/mol. The maximum absolute atomic E-state index is 12.7. The van der Waals surface area contributed by atoms with Gasteiger partial charge in [0.25, 0.3) is 0 Å². The van der Waals surface area contributed by atoms with Crippen molar-refractivity contribution in [1.82, 2.24) is 0 Å². The lowest BCUT2D eigenvalue weighted by Gasteiger charge is -2.31. The second-order valence-electron chi connectivity index (χ2n) is 15.6. The van der Waals surface area contributed by atoms with Crippen LogP contribution in [0.1, 0.15) is 174 Å². The molecule has 0 fully saturated rings. The van der Waals surface area contributed by atoms with Crippen molar-refractivity contribution in [3.05, 3.63) is 48.6 Å². The van der Waals surface area contributed by atoms with Gasteiger partial charge in [0, 0.05) is 19.3 Å². The van der Waals surface area contributed by atoms with Crippen LogP contribution in [-0.2, 0) is 28.6 Å². The molecule has 54 heavy (non-hydrogen) atoms. The number of allylic oxidation sites excluding steroid dienone is 8. The van der Waals surface area contributed by atoms with Gasteiger partial charge in [-0.15, -0.1) is 0 Å². The van der Waals surface area contributed by atoms with Crippen LogP contribution >= 0.6 is 0 Å². The number of hydrogen-bond donors (Lipinski definition) is 1. The van der Waals surface area contributed by atoms with Gasteiger partial charge in [0.15, 0.2) is 12.1 Å². The maximum Gasteiger partial charge on any atom is 0.362 e. The smallest absolute Gasteiger partial charge is 0.362 e. The van der Waals surface area contributed by atoms with Gasteiger partial charge in [-0.3, -0.25) is 9.59 Å². The third kappa shape index (κ3) is 35.0. The molecule has 0 bridgehead atoms. The Morgan fingerprint density at radius 3 is 1.43 bits per heavy atom. The summed E-state index contributed by atoms with van der Waals surface area (Å²) in [4.78, 5) is 36.9. The lowest BCUT2D eigenvalue weighted by molar-refractivity contribution is -0.887. The molecule has 0 saturated heterocycles. The fourth-order valence-corrected chi connectivity index (χ4v) is 6.03. The van der Waals surface area contributed by atoms with Crippen LogP contribution in [0.4, 0.5) is 0 Å². The van der Waals surface area contributed by atoms with E-state index in [2.05, 4.69) is 62.5 Å². The van der Waals surface area contributed by atoms with Crippen LogP contribution in [0.25, 0.3) is 0 Å². The van der Waals surface area contributed by atoms with Gasteiger partial charge in [-0.1, -0.05) is 127 Å². The van der Waals surface area contributed by atoms with Crippen LogP contribution in [0.15, 0.2) is 48.6 Å². The molecule has 0 aromatic heterocycles. The number of carboxylic acids is 1. The Morgan fingerprint density at radius 2 is 0.981 bits per heavy atom. The van der Waals surface area contributed by atoms with Gasteiger partial charge in [0.2, 0.25) is 0 Å². The van der Waals surface area contributed by atoms with E-state index in [1.54, 1.807) is 0 Å². The molecule has 0 saturated carbocycles. The zero-order valence-corrected chi connectivity index (χ0v) is 35.4. The monoisotopic (exact) mass is 761 g/mol. The highest BCUT2D eigenvalue weighted by atomic mass is 16.6. The number of carboxylic acid groups (broad SMARTS) is 1. The van der Waals surface area contributed by atoms with E-state index in [1.165, 1.54) is 51.4 Å². The Balaban J connectivity index is 4.41. The molecule has 2 unspecified atom stereocenters. The first-order valence-electron chi connectivity index (χ1n) is 21.7. The first-order valence-corrected chi connectivity index (χ1v) is 21.7. The Labute approximate surface area is 331 Å². The number of likely N-dealkylation sites (N-methyl/N-ethyl adjacent to an activating group) is 1. The summed E-state index contributed by atoms with van der Waals surface area (Å²) in [6.45, 7) is 4.65. The average molecular weight is 761 g/mol. The number of nitrogens with zero attached hydrogens (tertiary/aromatic N) is 1. The number of rotatable bonds is 38. The highest BCUT2D eigenvalue weighted by molar-refractivity contribution is 5.72. The van der Waals surface area contributed by atoms with Crippen molar-refractivity contribution in [1.29, 1.82) is 0 Å². The normalized spacial score (nSPS) is 13.4. The lowest BCUT2D eigenvalue weighted by atomic mass is 10.1. The number of ether oxygens (including phenoxy) is 3. The number of carbonyl (C=O) groups is 3. The van der Waals surface area contributed by atoms with Gasteiger partial charge >= 0.3 is 17.9 Å². The molecule has 312 valence electrons. The largest absolute Gasteiger partial charge is 0.477 e. The molecule has 1 N–H and O–H groups in total. The summed E-state index contributed by atoms with van der Waals surface area (Å²) in [5, 5.41) is 9.61. The average Bonchev–Trinajstić information content (AvgIpc) is 3.12. The van der Waals surface area contributed by atoms with E-state index in [4.69, 9.17) is 14.2 Å². The van der Waals surface area contributed by atoms with Crippen molar-refractivity contribution in [2.75, 3.05) is 41.0 Å². The quantitative estimate of drug-likeness (QED) is 0.0289. The summed E-state index contributed by atoms with van der Waals surface area (Å²) in [7, 11) is 5.51. The van der Waals surface area contributed by atoms with Crippen LogP contribution in [0, 0.1) is 0 Å². The standard InChI is InChI=1S/C46H81NO7/c1-6-8-10-12-14-16-18-20-22-24-26-28-30-32-34-36-44(48)53-41-42(40-52-39-38-43(46(50)51)47(3,4)5)54-45(49)37-35-33-31-29-27-25-23-21-19-17-15-13-11-9-7-2/h14-17,20-23,42-43H,6-13,18-19,24-41H2,1-5H3/p+1/b16-14-,17-15-,22-20-,23-21-. The SMILES string of the molecule is CCCCC/C=C\C/C=C\CCCCCCCC(=O)OCC(COCCC(C(=O)O)[N+](C)(C)C)OC(=O)CCCCCCC/C=C\C/C=C\CCCCC. The molecule has 0 rings (SSSR count). The van der Waals surface area contributed by atoms with Crippen LogP contribution < -0.4 is 0 Å². The first-order chi connectivity index (χ1) is 26.1. The van der Waals surface area contributed by atoms with Crippen LogP contribution in [0.5, 0.6) is 0 Å². The molecular weight excluding hydrogens is 679 g/mol. The molecule has 0 aliphatic carbocycles. The topological polar surface area (TPSA) is 99.1 Å². The Kier molecular flexibility index (Phi) is 35.4. The second-order valence-corrected chi connectivity index (χ2v) is 15.6. The fourth-order valence-electron chi connectivity index (χ4n) is 6.03. The van der Waals surface area contributed by atoms with Gasteiger partial charge in [-0.05, 0) is 77.0 Å². The van der Waals surface area contributed by atoms with Crippen LogP contribution in [0.2, 0.25) is 0 Å². The Morgan fingerprint density at radius 1 is 0.556 bits per heavy atom. The summed E-state index contributed by atoms with van der Waals surface area (Å²) in [5.74, 6) is -1.51. The summed E-state index contributed by atoms with van der Waals surface area (Å²) >= 11 is 0. The number of quaternary nitrogens is 1. The van der Waals surface area contributed by atoms with Crippen molar-refractivity contribution in [3.8, 4) is 0 Å². The highest BCUT2D eigenvalue weighted by Gasteiger charge is 2.31. The third-order valence-corrected chi connectivity index (χ3v) is 9.45. The molecule has 0 aromatic carbocycles. The molecule has 0 amide bonds. The minimum atomic E-state index is -0.881. The van der Waals surface area contributed by atoms with E-state index < -0.39 is 18.1 Å². The maximum atomic E-state index is 12.7. The van der Waals surface area contributed by atoms with E-state index in [0.717, 1.165) is 89.9 Å². The van der Waals surface area contributed by atoms with Gasteiger partial charge in [0.1, 0.15) is 6.61 Å². The van der Waals surface area contributed by atoms with E-state index in [9.17, 15) is 19.5 Å². The summed E-state index contributed by atoms with van der Waals surface area (Å²) in [6.07, 6.45) is 42.9. The van der Waals surface area contributed by atoms with Crippen molar-refractivity contribution >= 4 is 17.9 Å². The van der Waals surface area contributed by atoms with Gasteiger partial charge in [0.05, 0.1) is 34.4 Å². The van der Waals surface area contributed by atoms with Gasteiger partial charge < -0.3 is 23.8 Å². The zero-order chi connectivity index (χ0) is 40.0. The predicted octanol–water partition coefficient (Wildman–Crippen LogP) is 11.6.